The van der Waals surface area contributed by atoms with Crippen molar-refractivity contribution < 1.29 is 15.1 Å². The highest BCUT2D eigenvalue weighted by Gasteiger charge is 2.24. The van der Waals surface area contributed by atoms with Crippen LogP contribution in [0.5, 0.6) is 0 Å². The molecule has 2 atom stereocenters. The number of hydrogen-bond acceptors (Lipinski definition) is 5. The van der Waals surface area contributed by atoms with Gasteiger partial charge in [0, 0.05) is 18.5 Å². The van der Waals surface area contributed by atoms with E-state index < -0.39 is 6.10 Å². The maximum atomic E-state index is 11.9. The van der Waals surface area contributed by atoms with Crippen LogP contribution in [0.2, 0.25) is 0 Å². The number of aliphatic hydroxyl groups excluding tert-OH is 1. The second-order valence-corrected chi connectivity index (χ2v) is 6.58. The number of aryl methyl sites for hydroxylation is 1. The summed E-state index contributed by atoms with van der Waals surface area (Å²) in [4.78, 5) is 11.9. The molecule has 0 bridgehead atoms. The molecule has 1 aliphatic carbocycles. The van der Waals surface area contributed by atoms with Crippen molar-refractivity contribution in [1.82, 2.24) is 25.6 Å². The van der Waals surface area contributed by atoms with Gasteiger partial charge in [0.15, 0.2) is 11.6 Å². The van der Waals surface area contributed by atoms with Crippen LogP contribution in [0.4, 0.5) is 4.79 Å². The summed E-state index contributed by atoms with van der Waals surface area (Å²) < 4.78 is 0.994. The highest BCUT2D eigenvalue weighted by Crippen LogP contribution is 2.18. The summed E-state index contributed by atoms with van der Waals surface area (Å²) in [6.07, 6.45) is 4.23. The molecule has 8 heteroatoms. The summed E-state index contributed by atoms with van der Waals surface area (Å²) in [6, 6.07) is 8.90. The number of aliphatic hydroxyl groups is 1. The van der Waals surface area contributed by atoms with E-state index in [4.69, 9.17) is 0 Å². The third kappa shape index (κ3) is 4.51. The van der Waals surface area contributed by atoms with Crippen LogP contribution in [-0.2, 0) is 6.42 Å². The van der Waals surface area contributed by atoms with E-state index in [-0.39, 0.29) is 12.1 Å². The van der Waals surface area contributed by atoms with Crippen molar-refractivity contribution >= 4 is 6.03 Å². The van der Waals surface area contributed by atoms with Crippen molar-refractivity contribution in [3.05, 3.63) is 36.2 Å². The summed E-state index contributed by atoms with van der Waals surface area (Å²) in [5, 5.41) is 33.7. The Morgan fingerprint density at radius 1 is 1.19 bits per heavy atom. The molecular weight excluding hydrogens is 334 g/mol. The Hall–Kier alpha value is -2.61. The molecule has 1 aliphatic rings. The van der Waals surface area contributed by atoms with Crippen LogP contribution in [0, 0.1) is 0 Å². The van der Waals surface area contributed by atoms with E-state index in [2.05, 4.69) is 20.8 Å². The number of aromatic nitrogens is 3. The first-order chi connectivity index (χ1) is 12.6. The zero-order chi connectivity index (χ0) is 18.4. The van der Waals surface area contributed by atoms with E-state index in [1.807, 2.05) is 30.3 Å². The average Bonchev–Trinajstić information content (AvgIpc) is 3.02. The molecule has 2 aromatic rings. The molecule has 0 radical (unpaired) electrons. The molecule has 140 valence electrons. The molecule has 2 amide bonds. The Bertz CT molecular complexity index is 719. The third-order valence-corrected chi connectivity index (χ3v) is 4.65. The molecule has 2 unspecified atom stereocenters. The standard InChI is InChI=1S/C18H25N5O3/c24-15-10-5-4-9-14(15)20-18(25)19-12-6-11-16-21-22-17(23(16)26)13-7-2-1-3-8-13/h1-3,7-8,14-15,24,26H,4-6,9-12H2,(H2,19,20,25). The molecule has 1 saturated carbocycles. The van der Waals surface area contributed by atoms with Crippen LogP contribution in [0.1, 0.15) is 37.9 Å². The molecule has 4 N–H and O–H groups in total. The van der Waals surface area contributed by atoms with Crippen molar-refractivity contribution in [3.63, 3.8) is 0 Å². The van der Waals surface area contributed by atoms with E-state index in [0.717, 1.165) is 36.0 Å². The van der Waals surface area contributed by atoms with Gasteiger partial charge >= 0.3 is 6.03 Å². The van der Waals surface area contributed by atoms with Gasteiger partial charge in [-0.2, -0.15) is 4.73 Å². The summed E-state index contributed by atoms with van der Waals surface area (Å²) in [5.74, 6) is 0.853. The highest BCUT2D eigenvalue weighted by atomic mass is 16.5. The molecule has 0 aliphatic heterocycles. The zero-order valence-corrected chi connectivity index (χ0v) is 14.6. The van der Waals surface area contributed by atoms with Crippen LogP contribution in [0.3, 0.4) is 0 Å². The minimum Gasteiger partial charge on any atom is -0.425 e. The van der Waals surface area contributed by atoms with Crippen LogP contribution < -0.4 is 10.6 Å². The molecule has 1 aromatic carbocycles. The third-order valence-electron chi connectivity index (χ3n) is 4.65. The van der Waals surface area contributed by atoms with Gasteiger partial charge in [0.05, 0.1) is 12.1 Å². The molecule has 3 rings (SSSR count). The summed E-state index contributed by atoms with van der Waals surface area (Å²) >= 11 is 0. The lowest BCUT2D eigenvalue weighted by atomic mass is 9.93. The number of hydrogen-bond donors (Lipinski definition) is 4. The van der Waals surface area contributed by atoms with E-state index >= 15 is 0 Å². The van der Waals surface area contributed by atoms with Crippen LogP contribution in [0.15, 0.2) is 30.3 Å². The second-order valence-electron chi connectivity index (χ2n) is 6.58. The summed E-state index contributed by atoms with van der Waals surface area (Å²) in [7, 11) is 0. The fourth-order valence-electron chi connectivity index (χ4n) is 3.18. The molecule has 1 aromatic heterocycles. The van der Waals surface area contributed by atoms with Gasteiger partial charge in [0.25, 0.3) is 0 Å². The predicted octanol–water partition coefficient (Wildman–Crippen LogP) is 1.72. The summed E-state index contributed by atoms with van der Waals surface area (Å²) in [6.45, 7) is 0.447. The van der Waals surface area contributed by atoms with Crippen molar-refractivity contribution in [2.24, 2.45) is 0 Å². The first kappa shape index (κ1) is 18.2. The lowest BCUT2D eigenvalue weighted by Crippen LogP contribution is -2.49. The smallest absolute Gasteiger partial charge is 0.315 e. The Morgan fingerprint density at radius 3 is 2.73 bits per heavy atom. The Balaban J connectivity index is 1.42. The van der Waals surface area contributed by atoms with Gasteiger partial charge in [-0.3, -0.25) is 0 Å². The quantitative estimate of drug-likeness (QED) is 0.463. The maximum Gasteiger partial charge on any atom is 0.315 e. The van der Waals surface area contributed by atoms with Crippen molar-refractivity contribution in [1.29, 1.82) is 0 Å². The number of carbonyl (C=O) groups excluding carboxylic acids is 1. The minimum atomic E-state index is -0.459. The predicted molar refractivity (Wildman–Crippen MR) is 95.8 cm³/mol. The molecule has 1 heterocycles. The van der Waals surface area contributed by atoms with Gasteiger partial charge < -0.3 is 20.9 Å². The number of nitrogens with zero attached hydrogens (tertiary/aromatic N) is 3. The lowest BCUT2D eigenvalue weighted by Gasteiger charge is -2.28. The Kier molecular flexibility index (Phi) is 6.06. The lowest BCUT2D eigenvalue weighted by molar-refractivity contribution is 0.0943. The number of nitrogens with one attached hydrogen (secondary N) is 2. The summed E-state index contributed by atoms with van der Waals surface area (Å²) in [5.41, 5.74) is 0.789. The Morgan fingerprint density at radius 2 is 1.96 bits per heavy atom. The molecule has 0 saturated heterocycles. The molecule has 8 nitrogen and oxygen atoms in total. The van der Waals surface area contributed by atoms with E-state index in [0.29, 0.717) is 31.0 Å². The van der Waals surface area contributed by atoms with Gasteiger partial charge in [-0.25, -0.2) is 4.79 Å². The Labute approximate surface area is 152 Å². The number of rotatable bonds is 6. The van der Waals surface area contributed by atoms with E-state index in [9.17, 15) is 15.1 Å². The average molecular weight is 359 g/mol. The fraction of sp³-hybridized carbons (Fsp3) is 0.500. The van der Waals surface area contributed by atoms with Gasteiger partial charge in [0.1, 0.15) is 0 Å². The van der Waals surface area contributed by atoms with Crippen molar-refractivity contribution in [2.75, 3.05) is 6.54 Å². The molecule has 1 fully saturated rings. The monoisotopic (exact) mass is 359 g/mol. The second kappa shape index (κ2) is 8.66. The topological polar surface area (TPSA) is 112 Å². The van der Waals surface area contributed by atoms with E-state index in [1.165, 1.54) is 0 Å². The SMILES string of the molecule is O=C(NCCCc1nnc(-c2ccccc2)n1O)NC1CCCCC1O. The minimum absolute atomic E-state index is 0.169. The molecule has 0 spiro atoms. The maximum absolute atomic E-state index is 11.9. The van der Waals surface area contributed by atoms with Gasteiger partial charge in [-0.05, 0) is 19.3 Å². The molecular formula is C18H25N5O3. The number of carbonyl (C=O) groups is 1. The first-order valence-corrected chi connectivity index (χ1v) is 9.06. The van der Waals surface area contributed by atoms with Crippen LogP contribution in [0.25, 0.3) is 11.4 Å². The largest absolute Gasteiger partial charge is 0.425 e. The van der Waals surface area contributed by atoms with Gasteiger partial charge in [-0.15, -0.1) is 10.2 Å². The first-order valence-electron chi connectivity index (χ1n) is 9.06. The van der Waals surface area contributed by atoms with Crippen molar-refractivity contribution in [3.8, 4) is 11.4 Å². The van der Waals surface area contributed by atoms with Gasteiger partial charge in [0.2, 0.25) is 0 Å². The van der Waals surface area contributed by atoms with Gasteiger partial charge in [-0.1, -0.05) is 43.2 Å². The number of urea groups is 1. The van der Waals surface area contributed by atoms with Crippen LogP contribution >= 0.6 is 0 Å². The van der Waals surface area contributed by atoms with E-state index in [1.54, 1.807) is 0 Å². The fourth-order valence-corrected chi connectivity index (χ4v) is 3.18. The normalized spacial score (nSPS) is 19.9. The number of amides is 2. The van der Waals surface area contributed by atoms with Crippen LogP contribution in [-0.4, -0.2) is 50.0 Å². The highest BCUT2D eigenvalue weighted by molar-refractivity contribution is 5.74. The van der Waals surface area contributed by atoms with Crippen molar-refractivity contribution in [2.45, 2.75) is 50.7 Å². The number of benzene rings is 1. The zero-order valence-electron chi connectivity index (χ0n) is 14.6. The molecule has 26 heavy (non-hydrogen) atoms.